The van der Waals surface area contributed by atoms with Crippen LogP contribution in [-0.2, 0) is 6.54 Å². The Labute approximate surface area is 224 Å². The van der Waals surface area contributed by atoms with Crippen molar-refractivity contribution in [3.8, 4) is 0 Å². The van der Waals surface area contributed by atoms with Gasteiger partial charge in [-0.3, -0.25) is 14.0 Å². The molecule has 38 heavy (non-hydrogen) atoms. The van der Waals surface area contributed by atoms with Crippen LogP contribution in [0.3, 0.4) is 0 Å². The first-order chi connectivity index (χ1) is 18.3. The number of aliphatic hydroxyl groups is 1. The first-order valence-electron chi connectivity index (χ1n) is 12.9. The first kappa shape index (κ1) is 26.1. The first-order valence-corrected chi connectivity index (χ1v) is 13.7. The SMILES string of the molecule is CC(C)C[C@@H](CO)NC(=O)c1c([C@H]2CCCN2)nc2c(C(=O)NCc3ccc4nc(N)sc4c3)cccn12. The topological polar surface area (TPSA) is 147 Å². The number of aromatic nitrogens is 3. The van der Waals surface area contributed by atoms with Crippen molar-refractivity contribution in [2.75, 3.05) is 18.9 Å². The number of hydrogen-bond donors (Lipinski definition) is 5. The number of nitrogens with one attached hydrogen (secondary N) is 3. The number of rotatable bonds is 9. The van der Waals surface area contributed by atoms with Gasteiger partial charge in [0.15, 0.2) is 10.8 Å². The number of nitrogen functional groups attached to an aromatic ring is 1. The van der Waals surface area contributed by atoms with E-state index in [0.717, 1.165) is 35.2 Å². The number of amides is 2. The number of nitrogens with two attached hydrogens (primary N) is 1. The molecule has 0 spiro atoms. The van der Waals surface area contributed by atoms with Crippen LogP contribution in [0.2, 0.25) is 0 Å². The normalized spacial score (nSPS) is 16.4. The molecular formula is C27H33N7O3S. The molecule has 1 aliphatic heterocycles. The number of imidazole rings is 1. The van der Waals surface area contributed by atoms with Crippen molar-refractivity contribution in [3.05, 3.63) is 59.0 Å². The van der Waals surface area contributed by atoms with Crippen LogP contribution in [0, 0.1) is 5.92 Å². The minimum atomic E-state index is -0.366. The predicted molar refractivity (Wildman–Crippen MR) is 148 cm³/mol. The quantitative estimate of drug-likeness (QED) is 0.221. The minimum Gasteiger partial charge on any atom is -0.394 e. The van der Waals surface area contributed by atoms with Gasteiger partial charge in [-0.25, -0.2) is 9.97 Å². The molecule has 0 radical (unpaired) electrons. The molecule has 1 aliphatic rings. The van der Waals surface area contributed by atoms with Crippen LogP contribution in [0.4, 0.5) is 5.13 Å². The van der Waals surface area contributed by atoms with E-state index >= 15 is 0 Å². The summed E-state index contributed by atoms with van der Waals surface area (Å²) in [6, 6.07) is 8.80. The van der Waals surface area contributed by atoms with Crippen molar-refractivity contribution >= 4 is 44.1 Å². The molecule has 6 N–H and O–H groups in total. The van der Waals surface area contributed by atoms with Gasteiger partial charge in [0, 0.05) is 12.7 Å². The van der Waals surface area contributed by atoms with E-state index in [9.17, 15) is 14.7 Å². The van der Waals surface area contributed by atoms with Gasteiger partial charge < -0.3 is 26.8 Å². The maximum absolute atomic E-state index is 13.5. The number of benzene rings is 1. The van der Waals surface area contributed by atoms with E-state index in [2.05, 4.69) is 20.9 Å². The fourth-order valence-corrected chi connectivity index (χ4v) is 5.82. The second kappa shape index (κ2) is 11.1. The van der Waals surface area contributed by atoms with Crippen LogP contribution in [-0.4, -0.2) is 50.5 Å². The predicted octanol–water partition coefficient (Wildman–Crippen LogP) is 3.02. The summed E-state index contributed by atoms with van der Waals surface area (Å²) in [6.07, 6.45) is 4.25. The second-order valence-corrected chi connectivity index (χ2v) is 11.2. The van der Waals surface area contributed by atoms with Gasteiger partial charge in [-0.05, 0) is 61.6 Å². The summed E-state index contributed by atoms with van der Waals surface area (Å²) in [5.41, 5.74) is 9.40. The summed E-state index contributed by atoms with van der Waals surface area (Å²) in [5.74, 6) is -0.277. The lowest BCUT2D eigenvalue weighted by Crippen LogP contribution is -2.39. The molecule has 3 aromatic heterocycles. The van der Waals surface area contributed by atoms with Crippen LogP contribution in [0.1, 0.15) is 71.3 Å². The smallest absolute Gasteiger partial charge is 0.270 e. The minimum absolute atomic E-state index is 0.0807. The van der Waals surface area contributed by atoms with Gasteiger partial charge in [0.2, 0.25) is 0 Å². The van der Waals surface area contributed by atoms with Crippen molar-refractivity contribution in [2.45, 2.75) is 51.7 Å². The average Bonchev–Trinajstić information content (AvgIpc) is 3.63. The lowest BCUT2D eigenvalue weighted by atomic mass is 10.0. The number of anilines is 1. The Morgan fingerprint density at radius 3 is 2.84 bits per heavy atom. The number of aliphatic hydroxyl groups excluding tert-OH is 1. The van der Waals surface area contributed by atoms with E-state index in [1.165, 1.54) is 11.3 Å². The average molecular weight is 536 g/mol. The van der Waals surface area contributed by atoms with Crippen LogP contribution in [0.25, 0.3) is 15.9 Å². The number of fused-ring (bicyclic) bond motifs is 2. The van der Waals surface area contributed by atoms with Gasteiger partial charge in [-0.2, -0.15) is 0 Å². The Bertz CT molecular complexity index is 1470. The number of nitrogens with zero attached hydrogens (tertiary/aromatic N) is 3. The van der Waals surface area contributed by atoms with E-state index in [4.69, 9.17) is 10.7 Å². The van der Waals surface area contributed by atoms with Crippen molar-refractivity contribution in [2.24, 2.45) is 5.92 Å². The Hall–Kier alpha value is -3.54. The molecule has 4 aromatic rings. The van der Waals surface area contributed by atoms with Gasteiger partial charge >= 0.3 is 0 Å². The molecule has 0 bridgehead atoms. The van der Waals surface area contributed by atoms with Gasteiger partial charge in [0.05, 0.1) is 40.2 Å². The summed E-state index contributed by atoms with van der Waals surface area (Å²) >= 11 is 1.41. The maximum atomic E-state index is 13.5. The van der Waals surface area contributed by atoms with E-state index < -0.39 is 0 Å². The molecule has 0 aliphatic carbocycles. The maximum Gasteiger partial charge on any atom is 0.270 e. The number of pyridine rings is 1. The summed E-state index contributed by atoms with van der Waals surface area (Å²) in [5, 5.41) is 19.7. The Kier molecular flexibility index (Phi) is 7.59. The Balaban J connectivity index is 1.44. The van der Waals surface area contributed by atoms with Crippen LogP contribution >= 0.6 is 11.3 Å². The fraction of sp³-hybridized carbons (Fsp3) is 0.407. The fourth-order valence-electron chi connectivity index (χ4n) is 5.03. The standard InChI is InChI=1S/C27H33N7O3S/c1-15(2)11-17(14-35)31-26(37)23-22(20-6-3-9-29-20)33-24-18(5-4-10-34(23)24)25(36)30-13-16-7-8-19-21(12-16)38-27(28)32-19/h4-5,7-8,10,12,15,17,20,29,35H,3,6,9,11,13-14H2,1-2H3,(H2,28,32)(H,30,36)(H,31,37)/t17-,20+/m0/s1. The highest BCUT2D eigenvalue weighted by atomic mass is 32.1. The van der Waals surface area contributed by atoms with Crippen molar-refractivity contribution < 1.29 is 14.7 Å². The molecule has 5 rings (SSSR count). The van der Waals surface area contributed by atoms with Gasteiger partial charge in [-0.15, -0.1) is 0 Å². The highest BCUT2D eigenvalue weighted by molar-refractivity contribution is 7.22. The Morgan fingerprint density at radius 2 is 2.11 bits per heavy atom. The summed E-state index contributed by atoms with van der Waals surface area (Å²) < 4.78 is 2.66. The highest BCUT2D eigenvalue weighted by Gasteiger charge is 2.30. The summed E-state index contributed by atoms with van der Waals surface area (Å²) in [4.78, 5) is 35.9. The van der Waals surface area contributed by atoms with Gasteiger partial charge in [0.1, 0.15) is 5.69 Å². The van der Waals surface area contributed by atoms with Crippen molar-refractivity contribution in [1.82, 2.24) is 30.3 Å². The molecule has 0 saturated carbocycles. The molecule has 1 aromatic carbocycles. The van der Waals surface area contributed by atoms with E-state index in [-0.39, 0.29) is 30.5 Å². The monoisotopic (exact) mass is 535 g/mol. The zero-order valence-corrected chi connectivity index (χ0v) is 22.3. The number of thiazole rings is 1. The molecule has 11 heteroatoms. The highest BCUT2D eigenvalue weighted by Crippen LogP contribution is 2.28. The number of carbonyl (C=O) groups excluding carboxylic acids is 2. The molecule has 4 heterocycles. The number of carbonyl (C=O) groups is 2. The Morgan fingerprint density at radius 1 is 1.26 bits per heavy atom. The molecule has 0 unspecified atom stereocenters. The van der Waals surface area contributed by atoms with Crippen molar-refractivity contribution in [3.63, 3.8) is 0 Å². The molecule has 2 amide bonds. The zero-order valence-electron chi connectivity index (χ0n) is 21.5. The molecule has 2 atom stereocenters. The molecule has 1 fully saturated rings. The molecule has 10 nitrogen and oxygen atoms in total. The van der Waals surface area contributed by atoms with E-state index in [1.54, 1.807) is 22.7 Å². The van der Waals surface area contributed by atoms with Crippen LogP contribution in [0.5, 0.6) is 0 Å². The van der Waals surface area contributed by atoms with Gasteiger partial charge in [-0.1, -0.05) is 31.3 Å². The third-order valence-corrected chi connectivity index (χ3v) is 7.61. The number of hydrogen-bond acceptors (Lipinski definition) is 8. The van der Waals surface area contributed by atoms with Gasteiger partial charge in [0.25, 0.3) is 11.8 Å². The molecule has 1 saturated heterocycles. The van der Waals surface area contributed by atoms with E-state index in [0.29, 0.717) is 46.6 Å². The van der Waals surface area contributed by atoms with Crippen LogP contribution in [0.15, 0.2) is 36.5 Å². The molecular weight excluding hydrogens is 502 g/mol. The third-order valence-electron chi connectivity index (χ3n) is 6.76. The lowest BCUT2D eigenvalue weighted by Gasteiger charge is -2.19. The summed E-state index contributed by atoms with van der Waals surface area (Å²) in [6.45, 7) is 5.12. The third kappa shape index (κ3) is 5.35. The second-order valence-electron chi connectivity index (χ2n) is 10.1. The largest absolute Gasteiger partial charge is 0.394 e. The van der Waals surface area contributed by atoms with E-state index in [1.807, 2.05) is 32.0 Å². The zero-order chi connectivity index (χ0) is 26.8. The van der Waals surface area contributed by atoms with Crippen LogP contribution < -0.4 is 21.7 Å². The lowest BCUT2D eigenvalue weighted by molar-refractivity contribution is 0.0898. The summed E-state index contributed by atoms with van der Waals surface area (Å²) in [7, 11) is 0. The molecule has 200 valence electrons. The van der Waals surface area contributed by atoms with Crippen molar-refractivity contribution in [1.29, 1.82) is 0 Å².